The molecule has 1 unspecified atom stereocenters. The normalized spacial score (nSPS) is 18.6. The first kappa shape index (κ1) is 14.3. The zero-order valence-corrected chi connectivity index (χ0v) is 11.0. The van der Waals surface area contributed by atoms with Crippen molar-refractivity contribution in [2.45, 2.75) is 31.8 Å². The Morgan fingerprint density at radius 1 is 1.40 bits per heavy atom. The Morgan fingerprint density at radius 3 is 2.90 bits per heavy atom. The van der Waals surface area contributed by atoms with Gasteiger partial charge in [-0.1, -0.05) is 12.1 Å². The lowest BCUT2D eigenvalue weighted by Gasteiger charge is -2.32. The lowest BCUT2D eigenvalue weighted by atomic mass is 10.0. The lowest BCUT2D eigenvalue weighted by Crippen LogP contribution is -2.51. The topological polar surface area (TPSA) is 69.6 Å². The number of benzene rings is 1. The maximum absolute atomic E-state index is 13.0. The van der Waals surface area contributed by atoms with Crippen LogP contribution in [-0.2, 0) is 11.3 Å². The Balaban J connectivity index is 1.95. The van der Waals surface area contributed by atoms with E-state index in [1.807, 2.05) is 0 Å². The number of piperidine rings is 1. The predicted molar refractivity (Wildman–Crippen MR) is 70.6 cm³/mol. The third-order valence-corrected chi connectivity index (χ3v) is 3.38. The van der Waals surface area contributed by atoms with Gasteiger partial charge in [-0.05, 0) is 37.0 Å². The largest absolute Gasteiger partial charge is 0.480 e. The van der Waals surface area contributed by atoms with E-state index >= 15 is 0 Å². The molecule has 1 saturated heterocycles. The van der Waals surface area contributed by atoms with Crippen LogP contribution in [0.2, 0.25) is 0 Å². The molecule has 1 aliphatic rings. The van der Waals surface area contributed by atoms with Crippen LogP contribution < -0.4 is 5.32 Å². The summed E-state index contributed by atoms with van der Waals surface area (Å²) in [4.78, 5) is 24.5. The first-order valence-corrected chi connectivity index (χ1v) is 6.59. The monoisotopic (exact) mass is 280 g/mol. The zero-order valence-electron chi connectivity index (χ0n) is 11.0. The molecule has 1 fully saturated rings. The number of hydrogen-bond donors (Lipinski definition) is 2. The van der Waals surface area contributed by atoms with E-state index in [2.05, 4.69) is 5.32 Å². The quantitative estimate of drug-likeness (QED) is 0.889. The molecule has 0 aromatic heterocycles. The van der Waals surface area contributed by atoms with Crippen molar-refractivity contribution < 1.29 is 19.1 Å². The number of nitrogens with zero attached hydrogens (tertiary/aromatic N) is 1. The Morgan fingerprint density at radius 2 is 2.20 bits per heavy atom. The Kier molecular flexibility index (Phi) is 4.55. The number of carbonyl (C=O) groups excluding carboxylic acids is 1. The molecule has 0 aliphatic carbocycles. The standard InChI is InChI=1S/C14H17FN2O3/c15-11-5-3-4-10(8-11)9-16-14(20)17-7-2-1-6-12(17)13(18)19/h3-5,8,12H,1-2,6-7,9H2,(H,16,20)(H,18,19). The predicted octanol–water partition coefficient (Wildman–Crippen LogP) is 1.97. The Labute approximate surface area is 116 Å². The van der Waals surface area contributed by atoms with E-state index in [0.29, 0.717) is 18.5 Å². The minimum atomic E-state index is -0.981. The van der Waals surface area contributed by atoms with E-state index in [0.717, 1.165) is 12.8 Å². The van der Waals surface area contributed by atoms with Gasteiger partial charge in [-0.2, -0.15) is 0 Å². The number of carboxylic acids is 1. The van der Waals surface area contributed by atoms with E-state index < -0.39 is 18.0 Å². The van der Waals surface area contributed by atoms with Gasteiger partial charge in [0.1, 0.15) is 11.9 Å². The molecule has 1 aromatic rings. The van der Waals surface area contributed by atoms with Crippen LogP contribution in [0.4, 0.5) is 9.18 Å². The van der Waals surface area contributed by atoms with Gasteiger partial charge in [0.05, 0.1) is 0 Å². The second-order valence-corrected chi connectivity index (χ2v) is 4.83. The molecule has 0 bridgehead atoms. The van der Waals surface area contributed by atoms with Gasteiger partial charge >= 0.3 is 12.0 Å². The highest BCUT2D eigenvalue weighted by Gasteiger charge is 2.31. The first-order valence-electron chi connectivity index (χ1n) is 6.59. The fourth-order valence-corrected chi connectivity index (χ4v) is 2.36. The number of amides is 2. The number of carbonyl (C=O) groups is 2. The van der Waals surface area contributed by atoms with Gasteiger partial charge in [0.15, 0.2) is 0 Å². The van der Waals surface area contributed by atoms with Crippen LogP contribution in [0.5, 0.6) is 0 Å². The van der Waals surface area contributed by atoms with E-state index in [1.165, 1.54) is 17.0 Å². The number of aliphatic carboxylic acids is 1. The molecular weight excluding hydrogens is 263 g/mol. The van der Waals surface area contributed by atoms with Crippen LogP contribution >= 0.6 is 0 Å². The molecule has 2 rings (SSSR count). The number of rotatable bonds is 3. The third-order valence-electron chi connectivity index (χ3n) is 3.38. The van der Waals surface area contributed by atoms with Crippen molar-refractivity contribution in [3.05, 3.63) is 35.6 Å². The summed E-state index contributed by atoms with van der Waals surface area (Å²) in [5.74, 6) is -1.34. The Bertz CT molecular complexity index is 507. The van der Waals surface area contributed by atoms with Crippen molar-refractivity contribution in [1.82, 2.24) is 10.2 Å². The van der Waals surface area contributed by atoms with Crippen LogP contribution in [0.1, 0.15) is 24.8 Å². The summed E-state index contributed by atoms with van der Waals surface area (Å²) < 4.78 is 13.0. The molecule has 0 spiro atoms. The molecular formula is C14H17FN2O3. The fraction of sp³-hybridized carbons (Fsp3) is 0.429. The highest BCUT2D eigenvalue weighted by atomic mass is 19.1. The maximum atomic E-state index is 13.0. The number of carboxylic acid groups (broad SMARTS) is 1. The molecule has 108 valence electrons. The van der Waals surface area contributed by atoms with Gasteiger partial charge in [-0.3, -0.25) is 0 Å². The smallest absolute Gasteiger partial charge is 0.326 e. The molecule has 20 heavy (non-hydrogen) atoms. The van der Waals surface area contributed by atoms with Crippen LogP contribution in [0.25, 0.3) is 0 Å². The van der Waals surface area contributed by atoms with Crippen molar-refractivity contribution in [2.75, 3.05) is 6.54 Å². The highest BCUT2D eigenvalue weighted by Crippen LogP contribution is 2.17. The van der Waals surface area contributed by atoms with Gasteiger partial charge in [0, 0.05) is 13.1 Å². The van der Waals surface area contributed by atoms with E-state index in [-0.39, 0.29) is 12.4 Å². The third kappa shape index (κ3) is 3.46. The van der Waals surface area contributed by atoms with E-state index in [1.54, 1.807) is 12.1 Å². The number of nitrogens with one attached hydrogen (secondary N) is 1. The number of urea groups is 1. The van der Waals surface area contributed by atoms with Crippen molar-refractivity contribution in [1.29, 1.82) is 0 Å². The molecule has 1 heterocycles. The second kappa shape index (κ2) is 6.36. The van der Waals surface area contributed by atoms with Crippen LogP contribution in [0.3, 0.4) is 0 Å². The molecule has 0 radical (unpaired) electrons. The molecule has 5 nitrogen and oxygen atoms in total. The molecule has 2 amide bonds. The van der Waals surface area contributed by atoms with E-state index in [9.17, 15) is 14.0 Å². The number of likely N-dealkylation sites (tertiary alicyclic amines) is 1. The number of halogens is 1. The van der Waals surface area contributed by atoms with Crippen molar-refractivity contribution in [3.63, 3.8) is 0 Å². The lowest BCUT2D eigenvalue weighted by molar-refractivity contribution is -0.143. The second-order valence-electron chi connectivity index (χ2n) is 4.83. The molecule has 1 aliphatic heterocycles. The van der Waals surface area contributed by atoms with Gasteiger partial charge in [-0.25, -0.2) is 14.0 Å². The van der Waals surface area contributed by atoms with Crippen molar-refractivity contribution in [2.24, 2.45) is 0 Å². The number of hydrogen-bond acceptors (Lipinski definition) is 2. The average Bonchev–Trinajstić information content (AvgIpc) is 2.45. The molecule has 0 saturated carbocycles. The molecule has 2 N–H and O–H groups in total. The SMILES string of the molecule is O=C(O)C1CCCCN1C(=O)NCc1cccc(F)c1. The van der Waals surface area contributed by atoms with E-state index in [4.69, 9.17) is 5.11 Å². The summed E-state index contributed by atoms with van der Waals surface area (Å²) in [6.45, 7) is 0.616. The molecule has 6 heteroatoms. The van der Waals surface area contributed by atoms with Crippen LogP contribution in [0.15, 0.2) is 24.3 Å². The molecule has 1 atom stereocenters. The zero-order chi connectivity index (χ0) is 14.5. The first-order chi connectivity index (χ1) is 9.58. The van der Waals surface area contributed by atoms with Crippen LogP contribution in [-0.4, -0.2) is 34.6 Å². The average molecular weight is 280 g/mol. The summed E-state index contributed by atoms with van der Waals surface area (Å²) >= 11 is 0. The summed E-state index contributed by atoms with van der Waals surface area (Å²) in [5, 5.41) is 11.7. The van der Waals surface area contributed by atoms with Crippen molar-refractivity contribution in [3.8, 4) is 0 Å². The summed E-state index contributed by atoms with van der Waals surface area (Å²) in [6.07, 6.45) is 2.09. The van der Waals surface area contributed by atoms with Gasteiger partial charge < -0.3 is 15.3 Å². The van der Waals surface area contributed by atoms with Crippen LogP contribution in [0, 0.1) is 5.82 Å². The minimum Gasteiger partial charge on any atom is -0.480 e. The highest BCUT2D eigenvalue weighted by molar-refractivity contribution is 5.82. The van der Waals surface area contributed by atoms with Gasteiger partial charge in [-0.15, -0.1) is 0 Å². The van der Waals surface area contributed by atoms with Crippen molar-refractivity contribution >= 4 is 12.0 Å². The summed E-state index contributed by atoms with van der Waals surface area (Å²) in [7, 11) is 0. The molecule has 1 aromatic carbocycles. The Hall–Kier alpha value is -2.11. The summed E-state index contributed by atoms with van der Waals surface area (Å²) in [6, 6.07) is 4.76. The van der Waals surface area contributed by atoms with Gasteiger partial charge in [0.25, 0.3) is 0 Å². The maximum Gasteiger partial charge on any atom is 0.326 e. The fourth-order valence-electron chi connectivity index (χ4n) is 2.36. The van der Waals surface area contributed by atoms with Gasteiger partial charge in [0.2, 0.25) is 0 Å². The summed E-state index contributed by atoms with van der Waals surface area (Å²) in [5.41, 5.74) is 0.641. The minimum absolute atomic E-state index is 0.180.